The van der Waals surface area contributed by atoms with E-state index in [0.29, 0.717) is 25.6 Å². The molecule has 0 aromatic heterocycles. The van der Waals surface area contributed by atoms with Gasteiger partial charge in [-0.25, -0.2) is 4.79 Å². The Morgan fingerprint density at radius 3 is 2.52 bits per heavy atom. The van der Waals surface area contributed by atoms with Crippen LogP contribution in [-0.2, 0) is 11.3 Å². The highest BCUT2D eigenvalue weighted by molar-refractivity contribution is 9.10. The first kappa shape index (κ1) is 19.3. The van der Waals surface area contributed by atoms with Crippen LogP contribution in [0.15, 0.2) is 33.7 Å². The van der Waals surface area contributed by atoms with Gasteiger partial charge in [-0.1, -0.05) is 28.1 Å². The third-order valence-electron chi connectivity index (χ3n) is 2.66. The molecule has 0 spiro atoms. The molecule has 0 aliphatic heterocycles. The Hall–Kier alpha value is -1.76. The SMILES string of the molecule is CN=C(NCCNC(=O)OC(C)(C)C)NCc1cccc(Br)c1. The molecule has 1 aromatic carbocycles. The molecule has 6 nitrogen and oxygen atoms in total. The molecule has 7 heteroatoms. The van der Waals surface area contributed by atoms with E-state index in [1.165, 1.54) is 0 Å². The van der Waals surface area contributed by atoms with Gasteiger partial charge in [-0.05, 0) is 38.5 Å². The number of carbonyl (C=O) groups excluding carboxylic acids is 1. The summed E-state index contributed by atoms with van der Waals surface area (Å²) in [5, 5.41) is 9.03. The Labute approximate surface area is 146 Å². The van der Waals surface area contributed by atoms with Gasteiger partial charge in [0.2, 0.25) is 0 Å². The third-order valence-corrected chi connectivity index (χ3v) is 3.15. The number of rotatable bonds is 5. The van der Waals surface area contributed by atoms with Crippen LogP contribution in [0.1, 0.15) is 26.3 Å². The summed E-state index contributed by atoms with van der Waals surface area (Å²) in [6.45, 7) is 7.16. The van der Waals surface area contributed by atoms with E-state index in [-0.39, 0.29) is 0 Å². The van der Waals surface area contributed by atoms with E-state index in [4.69, 9.17) is 4.74 Å². The Kier molecular flexibility index (Phi) is 7.88. The number of hydrogen-bond donors (Lipinski definition) is 3. The maximum Gasteiger partial charge on any atom is 0.407 e. The van der Waals surface area contributed by atoms with Crippen molar-refractivity contribution in [2.75, 3.05) is 20.1 Å². The molecule has 0 unspecified atom stereocenters. The number of nitrogens with zero attached hydrogens (tertiary/aromatic N) is 1. The zero-order valence-corrected chi connectivity index (χ0v) is 15.7. The normalized spacial score (nSPS) is 11.8. The minimum Gasteiger partial charge on any atom is -0.444 e. The molecule has 3 N–H and O–H groups in total. The number of aliphatic imine (C=N–C) groups is 1. The van der Waals surface area contributed by atoms with Crippen molar-refractivity contribution in [1.29, 1.82) is 0 Å². The van der Waals surface area contributed by atoms with Crippen LogP contribution in [0.5, 0.6) is 0 Å². The lowest BCUT2D eigenvalue weighted by Gasteiger charge is -2.20. The van der Waals surface area contributed by atoms with E-state index in [1.54, 1.807) is 7.05 Å². The van der Waals surface area contributed by atoms with E-state index in [0.717, 1.165) is 10.0 Å². The number of carbonyl (C=O) groups is 1. The molecule has 0 aliphatic rings. The molecular formula is C16H25BrN4O2. The second kappa shape index (κ2) is 9.39. The summed E-state index contributed by atoms with van der Waals surface area (Å²) >= 11 is 3.45. The fourth-order valence-electron chi connectivity index (χ4n) is 1.71. The van der Waals surface area contributed by atoms with Gasteiger partial charge in [0, 0.05) is 31.2 Å². The molecule has 0 heterocycles. The highest BCUT2D eigenvalue weighted by Gasteiger charge is 2.15. The lowest BCUT2D eigenvalue weighted by Crippen LogP contribution is -2.42. The maximum atomic E-state index is 11.5. The van der Waals surface area contributed by atoms with Crippen LogP contribution in [0.2, 0.25) is 0 Å². The van der Waals surface area contributed by atoms with E-state index in [1.807, 2.05) is 45.0 Å². The van der Waals surface area contributed by atoms with Crippen molar-refractivity contribution in [2.45, 2.75) is 32.9 Å². The molecule has 1 rings (SSSR count). The lowest BCUT2D eigenvalue weighted by atomic mass is 10.2. The van der Waals surface area contributed by atoms with E-state index in [2.05, 4.69) is 36.9 Å². The molecule has 23 heavy (non-hydrogen) atoms. The second-order valence-corrected chi connectivity index (χ2v) is 6.83. The maximum absolute atomic E-state index is 11.5. The first-order valence-electron chi connectivity index (χ1n) is 7.46. The first-order valence-corrected chi connectivity index (χ1v) is 8.25. The Bertz CT molecular complexity index is 541. The largest absolute Gasteiger partial charge is 0.444 e. The summed E-state index contributed by atoms with van der Waals surface area (Å²) in [4.78, 5) is 15.6. The first-order chi connectivity index (χ1) is 10.8. The molecule has 0 fully saturated rings. The van der Waals surface area contributed by atoms with Crippen molar-refractivity contribution < 1.29 is 9.53 Å². The van der Waals surface area contributed by atoms with E-state index in [9.17, 15) is 4.79 Å². The average molecular weight is 385 g/mol. The van der Waals surface area contributed by atoms with Crippen molar-refractivity contribution in [3.63, 3.8) is 0 Å². The van der Waals surface area contributed by atoms with Crippen LogP contribution in [0, 0.1) is 0 Å². The van der Waals surface area contributed by atoms with Gasteiger partial charge in [0.25, 0.3) is 0 Å². The minimum absolute atomic E-state index is 0.420. The third kappa shape index (κ3) is 9.07. The Morgan fingerprint density at radius 2 is 1.91 bits per heavy atom. The number of nitrogens with one attached hydrogen (secondary N) is 3. The van der Waals surface area contributed by atoms with E-state index >= 15 is 0 Å². The fraction of sp³-hybridized carbons (Fsp3) is 0.500. The molecule has 1 amide bonds. The predicted octanol–water partition coefficient (Wildman–Crippen LogP) is 2.64. The van der Waals surface area contributed by atoms with Crippen molar-refractivity contribution in [3.05, 3.63) is 34.3 Å². The quantitative estimate of drug-likeness (QED) is 0.414. The molecular weight excluding hydrogens is 360 g/mol. The summed E-state index contributed by atoms with van der Waals surface area (Å²) in [6, 6.07) is 8.06. The topological polar surface area (TPSA) is 74.8 Å². The van der Waals surface area contributed by atoms with Gasteiger partial charge in [-0.3, -0.25) is 4.99 Å². The summed E-state index contributed by atoms with van der Waals surface area (Å²) in [7, 11) is 1.71. The van der Waals surface area contributed by atoms with Crippen molar-refractivity contribution >= 4 is 28.0 Å². The smallest absolute Gasteiger partial charge is 0.407 e. The van der Waals surface area contributed by atoms with Crippen LogP contribution in [0.3, 0.4) is 0 Å². The molecule has 0 atom stereocenters. The summed E-state index contributed by atoms with van der Waals surface area (Å²) < 4.78 is 6.20. The highest BCUT2D eigenvalue weighted by Crippen LogP contribution is 2.11. The van der Waals surface area contributed by atoms with Crippen molar-refractivity contribution in [3.8, 4) is 0 Å². The van der Waals surface area contributed by atoms with E-state index < -0.39 is 11.7 Å². The number of ether oxygens (including phenoxy) is 1. The molecule has 0 saturated heterocycles. The summed E-state index contributed by atoms with van der Waals surface area (Å²) in [6.07, 6.45) is -0.420. The van der Waals surface area contributed by atoms with Crippen LogP contribution in [-0.4, -0.2) is 37.8 Å². The van der Waals surface area contributed by atoms with Crippen LogP contribution in [0.25, 0.3) is 0 Å². The molecule has 0 radical (unpaired) electrons. The van der Waals surface area contributed by atoms with Crippen molar-refractivity contribution in [2.24, 2.45) is 4.99 Å². The number of guanidine groups is 1. The average Bonchev–Trinajstić information content (AvgIpc) is 2.44. The molecule has 1 aromatic rings. The second-order valence-electron chi connectivity index (χ2n) is 5.91. The number of benzene rings is 1. The zero-order valence-electron chi connectivity index (χ0n) is 14.1. The van der Waals surface area contributed by atoms with Gasteiger partial charge in [-0.15, -0.1) is 0 Å². The van der Waals surface area contributed by atoms with Gasteiger partial charge < -0.3 is 20.7 Å². The molecule has 0 aliphatic carbocycles. The van der Waals surface area contributed by atoms with Gasteiger partial charge >= 0.3 is 6.09 Å². The minimum atomic E-state index is -0.487. The lowest BCUT2D eigenvalue weighted by molar-refractivity contribution is 0.0529. The zero-order chi connectivity index (χ0) is 17.3. The van der Waals surface area contributed by atoms with Crippen molar-refractivity contribution in [1.82, 2.24) is 16.0 Å². The van der Waals surface area contributed by atoms with Crippen LogP contribution in [0.4, 0.5) is 4.79 Å². The summed E-state index contributed by atoms with van der Waals surface area (Å²) in [5.74, 6) is 0.677. The summed E-state index contributed by atoms with van der Waals surface area (Å²) in [5.41, 5.74) is 0.660. The number of halogens is 1. The number of alkyl carbamates (subject to hydrolysis) is 1. The number of amides is 1. The van der Waals surface area contributed by atoms with Gasteiger partial charge in [0.05, 0.1) is 0 Å². The van der Waals surface area contributed by atoms with Gasteiger partial charge in [-0.2, -0.15) is 0 Å². The van der Waals surface area contributed by atoms with Gasteiger partial charge in [0.1, 0.15) is 5.60 Å². The molecule has 0 bridgehead atoms. The molecule has 0 saturated carbocycles. The van der Waals surface area contributed by atoms with Crippen LogP contribution < -0.4 is 16.0 Å². The van der Waals surface area contributed by atoms with Gasteiger partial charge in [0.15, 0.2) is 5.96 Å². The Balaban J connectivity index is 2.26. The monoisotopic (exact) mass is 384 g/mol. The fourth-order valence-corrected chi connectivity index (χ4v) is 2.16. The standard InChI is InChI=1S/C16H25BrN4O2/c1-16(2,3)23-15(22)20-9-8-19-14(18-4)21-11-12-6-5-7-13(17)10-12/h5-7,10H,8-9,11H2,1-4H3,(H,20,22)(H2,18,19,21). The molecule has 128 valence electrons. The highest BCUT2D eigenvalue weighted by atomic mass is 79.9. The predicted molar refractivity (Wildman–Crippen MR) is 96.6 cm³/mol. The Morgan fingerprint density at radius 1 is 1.22 bits per heavy atom. The number of hydrogen-bond acceptors (Lipinski definition) is 3. The van der Waals surface area contributed by atoms with Crippen LogP contribution >= 0.6 is 15.9 Å².